The van der Waals surface area contributed by atoms with Crippen molar-refractivity contribution >= 4 is 45.0 Å². The van der Waals surface area contributed by atoms with E-state index < -0.39 is 11.8 Å². The minimum absolute atomic E-state index is 0.324. The predicted molar refractivity (Wildman–Crippen MR) is 86.6 cm³/mol. The van der Waals surface area contributed by atoms with E-state index in [-0.39, 0.29) is 5.70 Å². The molecule has 0 fully saturated rings. The Balaban J connectivity index is 2.23. The Hall–Kier alpha value is -2.11. The first-order valence-corrected chi connectivity index (χ1v) is 7.38. The molecule has 0 heterocycles. The SMILES string of the molecule is O=C([O-])/C(=C/C(=O)c1ccc(Br)cc1)Nc1ccc(Cl)cc1. The van der Waals surface area contributed by atoms with E-state index in [1.165, 1.54) is 0 Å². The van der Waals surface area contributed by atoms with Crippen LogP contribution < -0.4 is 10.4 Å². The molecule has 0 spiro atoms. The molecule has 0 unspecified atom stereocenters. The number of aliphatic carboxylic acids is 1. The number of allylic oxidation sites excluding steroid dienone is 1. The van der Waals surface area contributed by atoms with Gasteiger partial charge in [-0.25, -0.2) is 0 Å². The molecule has 0 aromatic heterocycles. The summed E-state index contributed by atoms with van der Waals surface area (Å²) < 4.78 is 0.826. The third kappa shape index (κ3) is 4.44. The molecule has 2 aromatic carbocycles. The van der Waals surface area contributed by atoms with Gasteiger partial charge in [0.25, 0.3) is 0 Å². The third-order valence-corrected chi connectivity index (χ3v) is 3.53. The van der Waals surface area contributed by atoms with E-state index in [9.17, 15) is 14.7 Å². The highest BCUT2D eigenvalue weighted by Crippen LogP contribution is 2.16. The summed E-state index contributed by atoms with van der Waals surface area (Å²) in [6.07, 6.45) is 0.993. The van der Waals surface area contributed by atoms with E-state index in [0.717, 1.165) is 10.5 Å². The molecule has 112 valence electrons. The lowest BCUT2D eigenvalue weighted by molar-refractivity contribution is -0.299. The van der Waals surface area contributed by atoms with Crippen LogP contribution in [0.1, 0.15) is 10.4 Å². The average Bonchev–Trinajstić information content (AvgIpc) is 2.49. The van der Waals surface area contributed by atoms with Crippen molar-refractivity contribution < 1.29 is 14.7 Å². The van der Waals surface area contributed by atoms with E-state index >= 15 is 0 Å². The molecule has 4 nitrogen and oxygen atoms in total. The molecule has 2 rings (SSSR count). The second-order valence-corrected chi connectivity index (χ2v) is 5.70. The summed E-state index contributed by atoms with van der Waals surface area (Å²) >= 11 is 9.02. The Bertz CT molecular complexity index is 724. The zero-order valence-corrected chi connectivity index (χ0v) is 13.5. The van der Waals surface area contributed by atoms with Crippen molar-refractivity contribution in [3.8, 4) is 0 Å². The van der Waals surface area contributed by atoms with Gasteiger partial charge in [0, 0.05) is 26.8 Å². The molecule has 0 saturated carbocycles. The third-order valence-electron chi connectivity index (χ3n) is 2.75. The van der Waals surface area contributed by atoms with Gasteiger partial charge in [-0.05, 0) is 48.5 Å². The van der Waals surface area contributed by atoms with Gasteiger partial charge >= 0.3 is 0 Å². The van der Waals surface area contributed by atoms with Crippen molar-refractivity contribution in [2.75, 3.05) is 5.32 Å². The number of rotatable bonds is 5. The van der Waals surface area contributed by atoms with E-state index in [4.69, 9.17) is 11.6 Å². The summed E-state index contributed by atoms with van der Waals surface area (Å²) in [5.41, 5.74) is 0.540. The number of hydrogen-bond donors (Lipinski definition) is 1. The van der Waals surface area contributed by atoms with Crippen LogP contribution in [0.5, 0.6) is 0 Å². The molecule has 0 aliphatic heterocycles. The summed E-state index contributed by atoms with van der Waals surface area (Å²) in [5.74, 6) is -1.91. The monoisotopic (exact) mass is 378 g/mol. The number of carbonyl (C=O) groups excluding carboxylic acids is 2. The highest BCUT2D eigenvalue weighted by atomic mass is 79.9. The van der Waals surface area contributed by atoms with Gasteiger partial charge in [0.15, 0.2) is 5.78 Å². The molecule has 0 saturated heterocycles. The van der Waals surface area contributed by atoms with Crippen LogP contribution in [0.2, 0.25) is 5.02 Å². The second kappa shape index (κ2) is 7.24. The summed E-state index contributed by atoms with van der Waals surface area (Å²) in [4.78, 5) is 23.2. The molecule has 0 bridgehead atoms. The molecular weight excluding hydrogens is 370 g/mol. The number of nitrogens with one attached hydrogen (secondary N) is 1. The standard InChI is InChI=1S/C16H11BrClNO3/c17-11-3-1-10(2-4-11)15(20)9-14(16(21)22)19-13-7-5-12(18)6-8-13/h1-9,19H,(H,21,22)/p-1/b14-9-. The van der Waals surface area contributed by atoms with Crippen LogP contribution in [0.4, 0.5) is 5.69 Å². The predicted octanol–water partition coefficient (Wildman–Crippen LogP) is 3.03. The van der Waals surface area contributed by atoms with Crippen molar-refractivity contribution in [2.24, 2.45) is 0 Å². The number of benzene rings is 2. The van der Waals surface area contributed by atoms with E-state index in [0.29, 0.717) is 16.3 Å². The first kappa shape index (κ1) is 16.3. The summed E-state index contributed by atoms with van der Waals surface area (Å²) in [5, 5.41) is 14.3. The topological polar surface area (TPSA) is 69.2 Å². The summed E-state index contributed by atoms with van der Waals surface area (Å²) in [6, 6.07) is 13.0. The molecule has 0 radical (unpaired) electrons. The Morgan fingerprint density at radius 3 is 2.18 bits per heavy atom. The molecule has 0 aliphatic rings. The summed E-state index contributed by atoms with van der Waals surface area (Å²) in [7, 11) is 0. The van der Waals surface area contributed by atoms with Gasteiger partial charge in [-0.15, -0.1) is 0 Å². The van der Waals surface area contributed by atoms with Gasteiger partial charge in [-0.2, -0.15) is 0 Å². The van der Waals surface area contributed by atoms with Crippen LogP contribution in [-0.4, -0.2) is 11.8 Å². The Morgan fingerprint density at radius 1 is 1.05 bits per heavy atom. The van der Waals surface area contributed by atoms with Crippen molar-refractivity contribution in [2.45, 2.75) is 0 Å². The number of hydrogen-bond acceptors (Lipinski definition) is 4. The van der Waals surface area contributed by atoms with Gasteiger partial charge in [-0.1, -0.05) is 27.5 Å². The molecule has 6 heteroatoms. The van der Waals surface area contributed by atoms with Crippen LogP contribution >= 0.6 is 27.5 Å². The number of halogens is 2. The largest absolute Gasteiger partial charge is 0.543 e. The molecular formula is C16H10BrClNO3-. The maximum absolute atomic E-state index is 12.1. The molecule has 0 amide bonds. The Morgan fingerprint density at radius 2 is 1.64 bits per heavy atom. The van der Waals surface area contributed by atoms with Crippen molar-refractivity contribution in [1.82, 2.24) is 0 Å². The van der Waals surface area contributed by atoms with Crippen LogP contribution in [0.15, 0.2) is 64.8 Å². The van der Waals surface area contributed by atoms with Crippen molar-refractivity contribution in [3.05, 3.63) is 75.4 Å². The molecule has 0 atom stereocenters. The van der Waals surface area contributed by atoms with E-state index in [1.807, 2.05) is 0 Å². The van der Waals surface area contributed by atoms with E-state index in [1.54, 1.807) is 48.5 Å². The minimum Gasteiger partial charge on any atom is -0.543 e. The first-order chi connectivity index (χ1) is 10.5. The lowest BCUT2D eigenvalue weighted by atomic mass is 10.1. The van der Waals surface area contributed by atoms with Gasteiger partial charge < -0.3 is 15.2 Å². The fourth-order valence-electron chi connectivity index (χ4n) is 1.66. The van der Waals surface area contributed by atoms with Gasteiger partial charge in [-0.3, -0.25) is 4.79 Å². The number of anilines is 1. The maximum atomic E-state index is 12.1. The second-order valence-electron chi connectivity index (χ2n) is 4.35. The quantitative estimate of drug-likeness (QED) is 0.640. The molecule has 0 aliphatic carbocycles. The van der Waals surface area contributed by atoms with Crippen molar-refractivity contribution in [1.29, 1.82) is 0 Å². The lowest BCUT2D eigenvalue weighted by Gasteiger charge is -2.12. The van der Waals surface area contributed by atoms with E-state index in [2.05, 4.69) is 21.2 Å². The highest BCUT2D eigenvalue weighted by Gasteiger charge is 2.07. The van der Waals surface area contributed by atoms with Crippen LogP contribution in [0.3, 0.4) is 0 Å². The number of carbonyl (C=O) groups is 2. The zero-order valence-electron chi connectivity index (χ0n) is 11.2. The lowest BCUT2D eigenvalue weighted by Crippen LogP contribution is -2.29. The first-order valence-electron chi connectivity index (χ1n) is 6.21. The number of carboxylic acids is 1. The van der Waals surface area contributed by atoms with Gasteiger partial charge in [0.2, 0.25) is 0 Å². The normalized spacial score (nSPS) is 11.1. The molecule has 1 N–H and O–H groups in total. The van der Waals surface area contributed by atoms with Crippen LogP contribution in [-0.2, 0) is 4.79 Å². The Kier molecular flexibility index (Phi) is 5.35. The Labute approximate surface area is 140 Å². The van der Waals surface area contributed by atoms with Crippen LogP contribution in [0, 0.1) is 0 Å². The maximum Gasteiger partial charge on any atom is 0.187 e. The van der Waals surface area contributed by atoms with Gasteiger partial charge in [0.05, 0.1) is 11.7 Å². The zero-order chi connectivity index (χ0) is 16.1. The number of ketones is 1. The summed E-state index contributed by atoms with van der Waals surface area (Å²) in [6.45, 7) is 0. The van der Waals surface area contributed by atoms with Crippen molar-refractivity contribution in [3.63, 3.8) is 0 Å². The number of carboxylic acid groups (broad SMARTS) is 1. The molecule has 2 aromatic rings. The molecule has 22 heavy (non-hydrogen) atoms. The fourth-order valence-corrected chi connectivity index (χ4v) is 2.05. The average molecular weight is 380 g/mol. The highest BCUT2D eigenvalue weighted by molar-refractivity contribution is 9.10. The fraction of sp³-hybridized carbons (Fsp3) is 0. The smallest absolute Gasteiger partial charge is 0.187 e. The van der Waals surface area contributed by atoms with Gasteiger partial charge in [0.1, 0.15) is 0 Å². The van der Waals surface area contributed by atoms with Crippen LogP contribution in [0.25, 0.3) is 0 Å². The minimum atomic E-state index is -1.47.